The third-order valence-electron chi connectivity index (χ3n) is 6.41. The Morgan fingerprint density at radius 2 is 1.71 bits per heavy atom. The van der Waals surface area contributed by atoms with E-state index >= 15 is 0 Å². The lowest BCUT2D eigenvalue weighted by atomic mass is 9.83. The molecule has 2 aromatic rings. The fourth-order valence-electron chi connectivity index (χ4n) is 4.33. The molecule has 0 atom stereocenters. The third-order valence-corrected chi connectivity index (χ3v) is 8.42. The number of hydrogen-bond acceptors (Lipinski definition) is 4. The number of anilines is 1. The minimum Gasteiger partial charge on any atom is -0.355 e. The van der Waals surface area contributed by atoms with Crippen LogP contribution in [0.25, 0.3) is 0 Å². The van der Waals surface area contributed by atoms with Crippen LogP contribution in [0.5, 0.6) is 0 Å². The average molecular weight is 519 g/mol. The first kappa shape index (κ1) is 27.2. The molecular formula is C27H35ClN2O4S. The number of rotatable bonds is 10. The van der Waals surface area contributed by atoms with E-state index in [0.29, 0.717) is 17.5 Å². The van der Waals surface area contributed by atoms with Gasteiger partial charge in [0, 0.05) is 23.0 Å². The molecule has 1 saturated carbocycles. The summed E-state index contributed by atoms with van der Waals surface area (Å²) in [6.07, 6.45) is 5.35. The monoisotopic (exact) mass is 518 g/mol. The van der Waals surface area contributed by atoms with Gasteiger partial charge < -0.3 is 5.32 Å². The molecule has 0 aliphatic heterocycles. The molecule has 1 amide bonds. The Labute approximate surface area is 214 Å². The van der Waals surface area contributed by atoms with Gasteiger partial charge in [-0.25, -0.2) is 8.42 Å². The van der Waals surface area contributed by atoms with Crippen LogP contribution in [0.3, 0.4) is 0 Å². The largest absolute Gasteiger partial charge is 0.355 e. The molecule has 0 bridgehead atoms. The van der Waals surface area contributed by atoms with Gasteiger partial charge in [-0.15, -0.1) is 0 Å². The summed E-state index contributed by atoms with van der Waals surface area (Å²) in [5.74, 6) is -0.317. The Hall–Kier alpha value is -2.38. The molecule has 0 heterocycles. The van der Waals surface area contributed by atoms with Crippen LogP contribution in [0.2, 0.25) is 5.02 Å². The molecular weight excluding hydrogens is 484 g/mol. The zero-order valence-electron chi connectivity index (χ0n) is 20.7. The Morgan fingerprint density at radius 3 is 2.34 bits per heavy atom. The zero-order valence-corrected chi connectivity index (χ0v) is 22.3. The molecule has 1 N–H and O–H groups in total. The second-order valence-electron chi connectivity index (χ2n) is 9.72. The third kappa shape index (κ3) is 7.07. The summed E-state index contributed by atoms with van der Waals surface area (Å²) in [5.41, 5.74) is 1.35. The van der Waals surface area contributed by atoms with Crippen LogP contribution in [0.15, 0.2) is 47.4 Å². The average Bonchev–Trinajstić information content (AvgIpc) is 2.83. The Kier molecular flexibility index (Phi) is 9.36. The summed E-state index contributed by atoms with van der Waals surface area (Å²) in [7, 11) is -4.13. The number of nitrogens with one attached hydrogen (secondary N) is 1. The number of sulfonamides is 1. The molecule has 35 heavy (non-hydrogen) atoms. The first-order valence-electron chi connectivity index (χ1n) is 12.3. The van der Waals surface area contributed by atoms with E-state index in [4.69, 9.17) is 11.6 Å². The standard InChI is InChI=1S/C27H35ClN2O4S/c1-19(2)15-16-29-26(31)18-30(35(33,34)23-12-9-20(3)10-13-23)25-14-11-22(28)17-24(25)27(32)21-7-5-4-6-8-21/h9-14,17,19,21H,4-8,15-16,18H2,1-3H3,(H,29,31). The van der Waals surface area contributed by atoms with Gasteiger partial charge in [0.15, 0.2) is 5.78 Å². The lowest BCUT2D eigenvalue weighted by Crippen LogP contribution is -2.42. The lowest BCUT2D eigenvalue weighted by molar-refractivity contribution is -0.119. The fourth-order valence-corrected chi connectivity index (χ4v) is 5.94. The molecule has 0 saturated heterocycles. The minimum atomic E-state index is -4.13. The molecule has 0 unspecified atom stereocenters. The fraction of sp³-hybridized carbons (Fsp3) is 0.481. The van der Waals surface area contributed by atoms with Gasteiger partial charge in [0.25, 0.3) is 10.0 Å². The Bertz CT molecular complexity index is 1140. The molecule has 8 heteroatoms. The molecule has 1 aliphatic rings. The summed E-state index contributed by atoms with van der Waals surface area (Å²) in [6.45, 7) is 6.00. The van der Waals surface area contributed by atoms with E-state index in [0.717, 1.165) is 48.4 Å². The second-order valence-corrected chi connectivity index (χ2v) is 12.0. The number of carbonyl (C=O) groups is 2. The first-order valence-corrected chi connectivity index (χ1v) is 14.1. The quantitative estimate of drug-likeness (QED) is 0.405. The van der Waals surface area contributed by atoms with Crippen molar-refractivity contribution in [1.29, 1.82) is 0 Å². The second kappa shape index (κ2) is 12.0. The molecule has 1 aliphatic carbocycles. The van der Waals surface area contributed by atoms with Crippen molar-refractivity contribution in [3.8, 4) is 0 Å². The van der Waals surface area contributed by atoms with E-state index in [-0.39, 0.29) is 27.8 Å². The summed E-state index contributed by atoms with van der Waals surface area (Å²) in [4.78, 5) is 26.5. The maximum atomic E-state index is 13.8. The van der Waals surface area contributed by atoms with Crippen LogP contribution < -0.4 is 9.62 Å². The summed E-state index contributed by atoms with van der Waals surface area (Å²) in [6, 6.07) is 11.1. The van der Waals surface area contributed by atoms with E-state index in [1.54, 1.807) is 18.2 Å². The minimum absolute atomic E-state index is 0.0593. The van der Waals surface area contributed by atoms with Crippen molar-refractivity contribution >= 4 is 39.0 Å². The van der Waals surface area contributed by atoms with Crippen LogP contribution in [0, 0.1) is 18.8 Å². The van der Waals surface area contributed by atoms with Crippen LogP contribution >= 0.6 is 11.6 Å². The van der Waals surface area contributed by atoms with Crippen LogP contribution in [0.4, 0.5) is 5.69 Å². The lowest BCUT2D eigenvalue weighted by Gasteiger charge is -2.28. The smallest absolute Gasteiger partial charge is 0.264 e. The predicted octanol–water partition coefficient (Wildman–Crippen LogP) is 5.77. The molecule has 0 radical (unpaired) electrons. The number of benzene rings is 2. The summed E-state index contributed by atoms with van der Waals surface area (Å²) in [5, 5.41) is 3.16. The normalized spacial score (nSPS) is 14.7. The maximum Gasteiger partial charge on any atom is 0.264 e. The highest BCUT2D eigenvalue weighted by Gasteiger charge is 2.32. The van der Waals surface area contributed by atoms with E-state index < -0.39 is 22.5 Å². The number of halogens is 1. The van der Waals surface area contributed by atoms with Gasteiger partial charge in [0.05, 0.1) is 10.6 Å². The number of amides is 1. The molecule has 0 aromatic heterocycles. The van der Waals surface area contributed by atoms with Crippen molar-refractivity contribution in [1.82, 2.24) is 5.32 Å². The van der Waals surface area contributed by atoms with Crippen molar-refractivity contribution in [2.75, 3.05) is 17.4 Å². The van der Waals surface area contributed by atoms with Crippen molar-refractivity contribution in [3.05, 3.63) is 58.6 Å². The van der Waals surface area contributed by atoms with Crippen molar-refractivity contribution < 1.29 is 18.0 Å². The molecule has 0 spiro atoms. The van der Waals surface area contributed by atoms with E-state index in [2.05, 4.69) is 19.2 Å². The van der Waals surface area contributed by atoms with Crippen molar-refractivity contribution in [3.63, 3.8) is 0 Å². The van der Waals surface area contributed by atoms with Gasteiger partial charge in [-0.05, 0) is 62.4 Å². The SMILES string of the molecule is Cc1ccc(S(=O)(=O)N(CC(=O)NCCC(C)C)c2ccc(Cl)cc2C(=O)C2CCCCC2)cc1. The number of hydrogen-bond donors (Lipinski definition) is 1. The topological polar surface area (TPSA) is 83.6 Å². The van der Waals surface area contributed by atoms with Gasteiger partial charge in [-0.3, -0.25) is 13.9 Å². The number of ketones is 1. The van der Waals surface area contributed by atoms with Gasteiger partial charge in [0.1, 0.15) is 6.54 Å². The predicted molar refractivity (Wildman–Crippen MR) is 141 cm³/mol. The van der Waals surface area contributed by atoms with Gasteiger partial charge in [-0.1, -0.05) is 62.4 Å². The molecule has 2 aromatic carbocycles. The number of Topliss-reactive ketones (excluding diaryl/α,β-unsaturated/α-hetero) is 1. The molecule has 6 nitrogen and oxygen atoms in total. The van der Waals surface area contributed by atoms with Crippen LogP contribution in [0.1, 0.15) is 68.3 Å². The highest BCUT2D eigenvalue weighted by Crippen LogP contribution is 2.34. The van der Waals surface area contributed by atoms with Crippen molar-refractivity contribution in [2.45, 2.75) is 64.2 Å². The zero-order chi connectivity index (χ0) is 25.6. The number of aryl methyl sites for hydroxylation is 1. The van der Waals surface area contributed by atoms with E-state index in [1.165, 1.54) is 24.3 Å². The van der Waals surface area contributed by atoms with Gasteiger partial charge in [0.2, 0.25) is 5.91 Å². The maximum absolute atomic E-state index is 13.8. The van der Waals surface area contributed by atoms with E-state index in [1.807, 2.05) is 6.92 Å². The van der Waals surface area contributed by atoms with Crippen LogP contribution in [-0.4, -0.2) is 33.2 Å². The number of carbonyl (C=O) groups excluding carboxylic acids is 2. The summed E-state index contributed by atoms with van der Waals surface area (Å²) < 4.78 is 28.6. The molecule has 3 rings (SSSR count). The van der Waals surface area contributed by atoms with Gasteiger partial charge in [-0.2, -0.15) is 0 Å². The first-order chi connectivity index (χ1) is 16.6. The highest BCUT2D eigenvalue weighted by atomic mass is 35.5. The van der Waals surface area contributed by atoms with E-state index in [9.17, 15) is 18.0 Å². The van der Waals surface area contributed by atoms with Crippen molar-refractivity contribution in [2.24, 2.45) is 11.8 Å². The summed E-state index contributed by atoms with van der Waals surface area (Å²) >= 11 is 6.26. The number of nitrogens with zero attached hydrogens (tertiary/aromatic N) is 1. The van der Waals surface area contributed by atoms with Gasteiger partial charge >= 0.3 is 0 Å². The molecule has 1 fully saturated rings. The molecule has 190 valence electrons. The Morgan fingerprint density at radius 1 is 1.06 bits per heavy atom. The highest BCUT2D eigenvalue weighted by molar-refractivity contribution is 7.92. The van der Waals surface area contributed by atoms with Crippen LogP contribution in [-0.2, 0) is 14.8 Å². The Balaban J connectivity index is 2.04.